The van der Waals surface area contributed by atoms with Crippen LogP contribution in [-0.2, 0) is 16.0 Å². The average Bonchev–Trinajstić information content (AvgIpc) is 3.57. The summed E-state index contributed by atoms with van der Waals surface area (Å²) in [6.07, 6.45) is 12.0. The molecule has 7 nitrogen and oxygen atoms in total. The summed E-state index contributed by atoms with van der Waals surface area (Å²) < 4.78 is 21.4. The maximum atomic E-state index is 14.4. The third-order valence-electron chi connectivity index (χ3n) is 9.30. The highest BCUT2D eigenvalue weighted by Gasteiger charge is 2.31. The second-order valence-corrected chi connectivity index (χ2v) is 12.4. The number of pyridine rings is 1. The molecule has 0 unspecified atom stereocenters. The molecule has 1 atom stereocenters. The van der Waals surface area contributed by atoms with E-state index in [0.717, 1.165) is 69.2 Å². The van der Waals surface area contributed by atoms with Gasteiger partial charge >= 0.3 is 5.97 Å². The van der Waals surface area contributed by atoms with Crippen molar-refractivity contribution < 1.29 is 18.7 Å². The molecule has 0 spiro atoms. The van der Waals surface area contributed by atoms with Gasteiger partial charge in [0, 0.05) is 44.0 Å². The first-order valence-corrected chi connectivity index (χ1v) is 15.0. The second kappa shape index (κ2) is 12.3. The summed E-state index contributed by atoms with van der Waals surface area (Å²) in [4.78, 5) is 34.0. The number of aromatic nitrogens is 2. The maximum Gasteiger partial charge on any atom is 0.308 e. The SMILES string of the molecule is COC(=O)C1CCC(CN2CC[C@@H](Cc3cn(-c4ccc(F)cc4C(=O)N(C)C(C)C)c4cncc(C)c34)C2)CC1. The van der Waals surface area contributed by atoms with E-state index >= 15 is 0 Å². The van der Waals surface area contributed by atoms with E-state index in [4.69, 9.17) is 4.74 Å². The first kappa shape index (κ1) is 29.2. The largest absolute Gasteiger partial charge is 0.469 e. The van der Waals surface area contributed by atoms with Gasteiger partial charge in [-0.3, -0.25) is 14.6 Å². The monoisotopic (exact) mass is 562 g/mol. The van der Waals surface area contributed by atoms with Crippen molar-refractivity contribution in [3.05, 3.63) is 59.3 Å². The van der Waals surface area contributed by atoms with Gasteiger partial charge in [0.2, 0.25) is 0 Å². The maximum absolute atomic E-state index is 14.4. The number of halogens is 1. The van der Waals surface area contributed by atoms with Gasteiger partial charge in [-0.05, 0) is 107 Å². The van der Waals surface area contributed by atoms with Gasteiger partial charge in [-0.1, -0.05) is 0 Å². The van der Waals surface area contributed by atoms with E-state index in [1.807, 2.05) is 30.8 Å². The van der Waals surface area contributed by atoms with Crippen LogP contribution in [0.15, 0.2) is 36.8 Å². The molecule has 5 rings (SSSR count). The average molecular weight is 563 g/mol. The first-order chi connectivity index (χ1) is 19.7. The van der Waals surface area contributed by atoms with Gasteiger partial charge in [0.25, 0.3) is 5.91 Å². The Labute approximate surface area is 242 Å². The number of amides is 1. The minimum Gasteiger partial charge on any atom is -0.469 e. The van der Waals surface area contributed by atoms with Crippen LogP contribution in [0.5, 0.6) is 0 Å². The Balaban J connectivity index is 1.35. The molecule has 1 aliphatic heterocycles. The number of ether oxygens (including phenoxy) is 1. The lowest BCUT2D eigenvalue weighted by atomic mass is 9.82. The number of esters is 1. The Kier molecular flexibility index (Phi) is 8.78. The zero-order valence-electron chi connectivity index (χ0n) is 25.0. The number of methoxy groups -OCH3 is 1. The number of benzene rings is 1. The summed E-state index contributed by atoms with van der Waals surface area (Å²) in [6, 6.07) is 4.46. The lowest BCUT2D eigenvalue weighted by Gasteiger charge is -2.30. The van der Waals surface area contributed by atoms with Crippen LogP contribution < -0.4 is 0 Å². The van der Waals surface area contributed by atoms with Gasteiger partial charge in [0.1, 0.15) is 5.82 Å². The van der Waals surface area contributed by atoms with Gasteiger partial charge in [-0.15, -0.1) is 0 Å². The highest BCUT2D eigenvalue weighted by atomic mass is 19.1. The van der Waals surface area contributed by atoms with E-state index in [1.54, 1.807) is 18.0 Å². The van der Waals surface area contributed by atoms with Gasteiger partial charge in [-0.25, -0.2) is 4.39 Å². The summed E-state index contributed by atoms with van der Waals surface area (Å²) >= 11 is 0. The Morgan fingerprint density at radius 1 is 1.12 bits per heavy atom. The van der Waals surface area contributed by atoms with Gasteiger partial charge in [0.05, 0.1) is 36.0 Å². The molecule has 1 saturated heterocycles. The van der Waals surface area contributed by atoms with Crippen LogP contribution in [0.1, 0.15) is 67.4 Å². The fourth-order valence-corrected chi connectivity index (χ4v) is 6.78. The van der Waals surface area contributed by atoms with Crippen LogP contribution in [-0.4, -0.2) is 71.1 Å². The van der Waals surface area contributed by atoms with E-state index in [1.165, 1.54) is 30.2 Å². The standard InChI is InChI=1S/C33H43FN4O3/c1-21(2)36(4)32(39)28-15-27(34)10-11-29(28)38-20-26(31-22(3)16-35-17-30(31)38)14-24-12-13-37(19-24)18-23-6-8-25(9-7-23)33(40)41-5/h10-11,15-17,20-21,23-25H,6-9,12-14,18-19H2,1-5H3/t23?,24-,25?/m0/s1. The molecule has 2 aromatic heterocycles. The van der Waals surface area contributed by atoms with Gasteiger partial charge < -0.3 is 19.1 Å². The van der Waals surface area contributed by atoms with Crippen molar-refractivity contribution in [1.82, 2.24) is 19.4 Å². The van der Waals surface area contributed by atoms with E-state index in [2.05, 4.69) is 23.0 Å². The van der Waals surface area contributed by atoms with Crippen molar-refractivity contribution in [2.24, 2.45) is 17.8 Å². The number of likely N-dealkylation sites (tertiary alicyclic amines) is 1. The third kappa shape index (κ3) is 6.17. The highest BCUT2D eigenvalue weighted by Crippen LogP contribution is 2.34. The predicted octanol–water partition coefficient (Wildman–Crippen LogP) is 5.80. The van der Waals surface area contributed by atoms with Crippen molar-refractivity contribution in [3.8, 4) is 5.69 Å². The number of carbonyl (C=O) groups is 2. The van der Waals surface area contributed by atoms with E-state index in [0.29, 0.717) is 23.1 Å². The molecule has 0 bridgehead atoms. The van der Waals surface area contributed by atoms with E-state index < -0.39 is 5.82 Å². The number of carbonyl (C=O) groups excluding carboxylic acids is 2. The lowest BCUT2D eigenvalue weighted by Crippen LogP contribution is -2.33. The van der Waals surface area contributed by atoms with Crippen LogP contribution in [0.2, 0.25) is 0 Å². The molecule has 1 saturated carbocycles. The van der Waals surface area contributed by atoms with Crippen molar-refractivity contribution in [1.29, 1.82) is 0 Å². The van der Waals surface area contributed by atoms with Crippen LogP contribution in [0, 0.1) is 30.5 Å². The van der Waals surface area contributed by atoms with Crippen molar-refractivity contribution in [2.75, 3.05) is 33.8 Å². The van der Waals surface area contributed by atoms with Gasteiger partial charge in [-0.2, -0.15) is 0 Å². The second-order valence-electron chi connectivity index (χ2n) is 12.4. The van der Waals surface area contributed by atoms with Crippen molar-refractivity contribution >= 4 is 22.8 Å². The third-order valence-corrected chi connectivity index (χ3v) is 9.30. The minimum atomic E-state index is -0.426. The predicted molar refractivity (Wildman–Crippen MR) is 159 cm³/mol. The molecule has 0 radical (unpaired) electrons. The molecule has 1 aliphatic carbocycles. The fraction of sp³-hybridized carbons (Fsp3) is 0.545. The zero-order valence-corrected chi connectivity index (χ0v) is 25.0. The molecular weight excluding hydrogens is 519 g/mol. The summed E-state index contributed by atoms with van der Waals surface area (Å²) in [6.45, 7) is 9.24. The molecule has 41 heavy (non-hydrogen) atoms. The number of rotatable bonds is 8. The van der Waals surface area contributed by atoms with Crippen LogP contribution >= 0.6 is 0 Å². The first-order valence-electron chi connectivity index (χ1n) is 15.0. The molecule has 2 fully saturated rings. The smallest absolute Gasteiger partial charge is 0.308 e. The summed E-state index contributed by atoms with van der Waals surface area (Å²) in [5.74, 6) is 0.562. The Hall–Kier alpha value is -3.26. The van der Waals surface area contributed by atoms with Gasteiger partial charge in [0.15, 0.2) is 0 Å². The lowest BCUT2D eigenvalue weighted by molar-refractivity contribution is -0.146. The topological polar surface area (TPSA) is 67.7 Å². The molecule has 220 valence electrons. The number of hydrogen-bond donors (Lipinski definition) is 0. The number of aryl methyl sites for hydroxylation is 1. The molecule has 2 aliphatic rings. The molecular formula is C33H43FN4O3. The van der Waals surface area contributed by atoms with Crippen molar-refractivity contribution in [2.45, 2.75) is 65.3 Å². The Morgan fingerprint density at radius 2 is 1.88 bits per heavy atom. The zero-order chi connectivity index (χ0) is 29.3. The Bertz CT molecular complexity index is 1410. The molecule has 0 N–H and O–H groups in total. The Morgan fingerprint density at radius 3 is 2.59 bits per heavy atom. The number of hydrogen-bond acceptors (Lipinski definition) is 5. The quantitative estimate of drug-likeness (QED) is 0.325. The summed E-state index contributed by atoms with van der Waals surface area (Å²) in [5.41, 5.74) is 4.29. The molecule has 3 aromatic rings. The molecule has 3 heterocycles. The summed E-state index contributed by atoms with van der Waals surface area (Å²) in [7, 11) is 3.24. The van der Waals surface area contributed by atoms with Crippen LogP contribution in [0.4, 0.5) is 4.39 Å². The molecule has 8 heteroatoms. The molecule has 1 amide bonds. The number of fused-ring (bicyclic) bond motifs is 1. The normalized spacial score (nSPS) is 21.5. The number of nitrogens with zero attached hydrogens (tertiary/aromatic N) is 4. The summed E-state index contributed by atoms with van der Waals surface area (Å²) in [5, 5.41) is 1.17. The highest BCUT2D eigenvalue weighted by molar-refractivity contribution is 5.99. The van der Waals surface area contributed by atoms with Crippen LogP contribution in [0.25, 0.3) is 16.6 Å². The minimum absolute atomic E-state index is 0.00676. The van der Waals surface area contributed by atoms with E-state index in [9.17, 15) is 14.0 Å². The van der Waals surface area contributed by atoms with E-state index in [-0.39, 0.29) is 23.8 Å². The van der Waals surface area contributed by atoms with Crippen LogP contribution in [0.3, 0.4) is 0 Å². The van der Waals surface area contributed by atoms with Crippen molar-refractivity contribution in [3.63, 3.8) is 0 Å². The fourth-order valence-electron chi connectivity index (χ4n) is 6.78. The molecule has 1 aromatic carbocycles.